The van der Waals surface area contributed by atoms with E-state index >= 15 is 0 Å². The van der Waals surface area contributed by atoms with Crippen molar-refractivity contribution in [2.75, 3.05) is 26.8 Å². The van der Waals surface area contributed by atoms with Crippen molar-refractivity contribution in [1.82, 2.24) is 10.2 Å². The molecule has 0 spiro atoms. The number of benzene rings is 2. The van der Waals surface area contributed by atoms with Crippen molar-refractivity contribution in [1.29, 1.82) is 0 Å². The highest BCUT2D eigenvalue weighted by molar-refractivity contribution is 5.96. The highest BCUT2D eigenvalue weighted by atomic mass is 19.3. The molecular formula is C35H44F2N2O3. The Hall–Kier alpha value is -3.32. The summed E-state index contributed by atoms with van der Waals surface area (Å²) in [7, 11) is 1.62. The van der Waals surface area contributed by atoms with Crippen LogP contribution in [0.25, 0.3) is 12.3 Å². The van der Waals surface area contributed by atoms with Gasteiger partial charge in [-0.15, -0.1) is 0 Å². The van der Waals surface area contributed by atoms with Crippen LogP contribution in [0.2, 0.25) is 0 Å². The van der Waals surface area contributed by atoms with Crippen LogP contribution in [0.3, 0.4) is 0 Å². The summed E-state index contributed by atoms with van der Waals surface area (Å²) in [6.07, 6.45) is 11.4. The summed E-state index contributed by atoms with van der Waals surface area (Å²) in [5.41, 5.74) is 2.11. The van der Waals surface area contributed by atoms with Crippen LogP contribution in [0, 0.1) is 11.8 Å². The number of fused-ring (bicyclic) bond motifs is 1. The maximum atomic E-state index is 13.8. The number of amides is 1. The normalized spacial score (nSPS) is 20.5. The molecule has 1 heterocycles. The van der Waals surface area contributed by atoms with Gasteiger partial charge in [-0.3, -0.25) is 9.59 Å². The van der Waals surface area contributed by atoms with Crippen LogP contribution in [-0.2, 0) is 17.1 Å². The van der Waals surface area contributed by atoms with E-state index in [1.807, 2.05) is 6.07 Å². The molecule has 5 nitrogen and oxygen atoms in total. The Balaban J connectivity index is 1.38. The molecular weight excluding hydrogens is 534 g/mol. The van der Waals surface area contributed by atoms with Crippen LogP contribution in [0.15, 0.2) is 49.1 Å². The van der Waals surface area contributed by atoms with E-state index in [1.165, 1.54) is 29.5 Å². The minimum Gasteiger partial charge on any atom is -0.383 e. The van der Waals surface area contributed by atoms with Crippen molar-refractivity contribution in [2.45, 2.75) is 70.8 Å². The monoisotopic (exact) mass is 578 g/mol. The zero-order chi connectivity index (χ0) is 30.3. The van der Waals surface area contributed by atoms with Crippen molar-refractivity contribution >= 4 is 24.0 Å². The number of rotatable bonds is 12. The number of carbonyl (C=O) groups is 2. The Kier molecular flexibility index (Phi) is 10.7. The van der Waals surface area contributed by atoms with Gasteiger partial charge in [0, 0.05) is 55.6 Å². The molecule has 0 radical (unpaired) electrons. The van der Waals surface area contributed by atoms with Crippen LogP contribution < -0.4 is 15.8 Å². The average Bonchev–Trinajstić information content (AvgIpc) is 3.15. The van der Waals surface area contributed by atoms with Gasteiger partial charge in [0.25, 0.3) is 11.8 Å². The standard InChI is InChI=1S/C35H44F2N2O3/c1-5-27-20-29-12-7-24(3)39(23-30(29)21-32(27)34(41)38-17-18-42-4)22-26-10-8-25(9-11-26)19-33(40)28-13-15-31(16-14-28)35(36,37)6-2/h6,12-16,20-21,23-26H,2,5,7-11,17-19,22H2,1,3-4H3,(H,38,41). The first kappa shape index (κ1) is 31.6. The van der Waals surface area contributed by atoms with Crippen molar-refractivity contribution in [3.05, 3.63) is 81.7 Å². The molecule has 226 valence electrons. The van der Waals surface area contributed by atoms with Gasteiger partial charge in [0.1, 0.15) is 0 Å². The molecule has 1 saturated carbocycles. The van der Waals surface area contributed by atoms with Crippen LogP contribution >= 0.6 is 0 Å². The zero-order valence-electron chi connectivity index (χ0n) is 25.1. The highest BCUT2D eigenvalue weighted by Crippen LogP contribution is 2.33. The molecule has 2 aromatic carbocycles. The quantitative estimate of drug-likeness (QED) is 0.203. The SMILES string of the molecule is C=CC(F)(F)c1ccc(C(=O)CC2CCC(CN3C=c4cc(C(=O)NCCOC)c(CC)cc4=CCC3C)CC2)cc1. The number of nitrogens with zero attached hydrogens (tertiary/aromatic N) is 1. The van der Waals surface area contributed by atoms with Crippen LogP contribution in [0.4, 0.5) is 8.78 Å². The Morgan fingerprint density at radius 1 is 1.10 bits per heavy atom. The van der Waals surface area contributed by atoms with E-state index in [4.69, 9.17) is 4.74 Å². The smallest absolute Gasteiger partial charge is 0.291 e. The molecule has 1 aliphatic carbocycles. The Labute approximate surface area is 248 Å². The number of carbonyl (C=O) groups excluding carboxylic acids is 2. The molecule has 0 aromatic heterocycles. The molecule has 4 rings (SSSR count). The molecule has 0 saturated heterocycles. The summed E-state index contributed by atoms with van der Waals surface area (Å²) >= 11 is 0. The maximum absolute atomic E-state index is 13.8. The zero-order valence-corrected chi connectivity index (χ0v) is 25.1. The first-order chi connectivity index (χ1) is 20.1. The molecule has 2 aromatic rings. The number of Topliss-reactive ketones (excluding diaryl/α,β-unsaturated/α-hetero) is 1. The lowest BCUT2D eigenvalue weighted by Gasteiger charge is -2.34. The van der Waals surface area contributed by atoms with E-state index in [1.54, 1.807) is 7.11 Å². The number of methoxy groups -OCH3 is 1. The van der Waals surface area contributed by atoms with Gasteiger partial charge in [-0.1, -0.05) is 49.9 Å². The van der Waals surface area contributed by atoms with E-state index < -0.39 is 5.92 Å². The third-order valence-corrected chi connectivity index (χ3v) is 8.83. The predicted molar refractivity (Wildman–Crippen MR) is 164 cm³/mol. The first-order valence-corrected chi connectivity index (χ1v) is 15.2. The first-order valence-electron chi connectivity index (χ1n) is 15.2. The topological polar surface area (TPSA) is 58.6 Å². The van der Waals surface area contributed by atoms with Crippen LogP contribution in [0.1, 0.15) is 84.2 Å². The maximum Gasteiger partial charge on any atom is 0.291 e. The van der Waals surface area contributed by atoms with Gasteiger partial charge in [-0.25, -0.2) is 0 Å². The summed E-state index contributed by atoms with van der Waals surface area (Å²) in [5, 5.41) is 5.21. The second kappa shape index (κ2) is 14.2. The van der Waals surface area contributed by atoms with Crippen molar-refractivity contribution in [3.63, 3.8) is 0 Å². The molecule has 1 fully saturated rings. The van der Waals surface area contributed by atoms with E-state index in [2.05, 4.69) is 49.0 Å². The van der Waals surface area contributed by atoms with E-state index in [0.717, 1.165) is 61.4 Å². The summed E-state index contributed by atoms with van der Waals surface area (Å²) in [5.74, 6) is -2.30. The Morgan fingerprint density at radius 3 is 2.43 bits per heavy atom. The number of alkyl halides is 2. The fourth-order valence-electron chi connectivity index (χ4n) is 6.10. The highest BCUT2D eigenvalue weighted by Gasteiger charge is 2.28. The van der Waals surface area contributed by atoms with Gasteiger partial charge in [0.2, 0.25) is 0 Å². The predicted octanol–water partition coefficient (Wildman–Crippen LogP) is 5.60. The fraction of sp³-hybridized carbons (Fsp3) is 0.486. The van der Waals surface area contributed by atoms with Crippen molar-refractivity contribution in [3.8, 4) is 0 Å². The van der Waals surface area contributed by atoms with Crippen LogP contribution in [-0.4, -0.2) is 49.4 Å². The second-order valence-corrected chi connectivity index (χ2v) is 11.8. The van der Waals surface area contributed by atoms with E-state index in [-0.39, 0.29) is 17.3 Å². The summed E-state index contributed by atoms with van der Waals surface area (Å²) < 4.78 is 32.7. The molecule has 2 aliphatic rings. The molecule has 1 atom stereocenters. The minimum absolute atomic E-state index is 0.0158. The number of nitrogens with one attached hydrogen (secondary N) is 1. The molecule has 7 heteroatoms. The summed E-state index contributed by atoms with van der Waals surface area (Å²) in [6, 6.07) is 10.2. The van der Waals surface area contributed by atoms with Gasteiger partial charge >= 0.3 is 0 Å². The van der Waals surface area contributed by atoms with Gasteiger partial charge in [0.15, 0.2) is 5.78 Å². The molecule has 1 aliphatic heterocycles. The number of aryl methyl sites for hydroxylation is 1. The summed E-state index contributed by atoms with van der Waals surface area (Å²) in [4.78, 5) is 28.2. The lowest BCUT2D eigenvalue weighted by atomic mass is 9.79. The van der Waals surface area contributed by atoms with Gasteiger partial charge < -0.3 is 15.0 Å². The Bertz CT molecular complexity index is 1380. The van der Waals surface area contributed by atoms with Crippen LogP contribution in [0.5, 0.6) is 0 Å². The molecule has 1 unspecified atom stereocenters. The van der Waals surface area contributed by atoms with E-state index in [0.29, 0.717) is 49.1 Å². The average molecular weight is 579 g/mol. The molecule has 0 bridgehead atoms. The van der Waals surface area contributed by atoms with Gasteiger partial charge in [-0.05, 0) is 85.4 Å². The number of hydrogen-bond donors (Lipinski definition) is 1. The lowest BCUT2D eigenvalue weighted by Crippen LogP contribution is -2.36. The number of ketones is 1. The number of allylic oxidation sites excluding steroid dienone is 1. The van der Waals surface area contributed by atoms with Gasteiger partial charge in [-0.2, -0.15) is 8.78 Å². The molecule has 42 heavy (non-hydrogen) atoms. The fourth-order valence-corrected chi connectivity index (χ4v) is 6.10. The van der Waals surface area contributed by atoms with Crippen molar-refractivity contribution < 1.29 is 23.1 Å². The largest absolute Gasteiger partial charge is 0.383 e. The molecule has 1 N–H and O–H groups in total. The number of hydrogen-bond acceptors (Lipinski definition) is 4. The van der Waals surface area contributed by atoms with Gasteiger partial charge in [0.05, 0.1) is 6.61 Å². The number of ether oxygens (including phenoxy) is 1. The molecule has 1 amide bonds. The Morgan fingerprint density at radius 2 is 1.79 bits per heavy atom. The van der Waals surface area contributed by atoms with E-state index in [9.17, 15) is 18.4 Å². The second-order valence-electron chi connectivity index (χ2n) is 11.8. The minimum atomic E-state index is -3.10. The lowest BCUT2D eigenvalue weighted by molar-refractivity contribution is 0.0524. The third-order valence-electron chi connectivity index (χ3n) is 8.83. The van der Waals surface area contributed by atoms with Crippen molar-refractivity contribution in [2.24, 2.45) is 11.8 Å². The summed E-state index contributed by atoms with van der Waals surface area (Å²) in [6.45, 7) is 9.41. The third kappa shape index (κ3) is 7.74. The number of halogens is 2.